The van der Waals surface area contributed by atoms with E-state index in [1.54, 1.807) is 13.2 Å². The molecule has 3 aromatic carbocycles. The second-order valence-corrected chi connectivity index (χ2v) is 15.2. The monoisotopic (exact) mass is 696 g/mol. The minimum atomic E-state index is -1.02. The Morgan fingerprint density at radius 3 is 2.39 bits per heavy atom. The number of hydrogen-bond acceptors (Lipinski definition) is 10. The first-order valence-corrected chi connectivity index (χ1v) is 18.7. The molecule has 270 valence electrons. The summed E-state index contributed by atoms with van der Waals surface area (Å²) in [5.41, 5.74) is 6.25. The molecule has 10 heteroatoms. The summed E-state index contributed by atoms with van der Waals surface area (Å²) < 4.78 is 31.4. The van der Waals surface area contributed by atoms with Gasteiger partial charge < -0.3 is 44.3 Å². The zero-order chi connectivity index (χ0) is 35.0. The molecule has 3 heterocycles. The van der Waals surface area contributed by atoms with Crippen LogP contribution in [0.25, 0.3) is 11.1 Å². The van der Waals surface area contributed by atoms with Gasteiger partial charge in [-0.25, -0.2) is 0 Å². The van der Waals surface area contributed by atoms with Crippen molar-refractivity contribution in [2.24, 2.45) is 5.92 Å². The van der Waals surface area contributed by atoms with Crippen molar-refractivity contribution in [1.29, 1.82) is 0 Å². The number of benzene rings is 3. The number of nitrogens with one attached hydrogen (secondary N) is 2. The largest absolute Gasteiger partial charge is 0.502 e. The molecule has 0 radical (unpaired) electrons. The Bertz CT molecular complexity index is 1900. The van der Waals surface area contributed by atoms with Crippen molar-refractivity contribution in [3.05, 3.63) is 64.2 Å². The zero-order valence-electron chi connectivity index (χ0n) is 29.6. The highest BCUT2D eigenvalue weighted by Gasteiger charge is 2.47. The van der Waals surface area contributed by atoms with Crippen LogP contribution in [0.15, 0.2) is 36.4 Å². The lowest BCUT2D eigenvalue weighted by Crippen LogP contribution is -2.61. The van der Waals surface area contributed by atoms with Crippen LogP contribution in [-0.2, 0) is 12.8 Å². The average Bonchev–Trinajstić information content (AvgIpc) is 3.64. The molecule has 2 fully saturated rings. The molecule has 6 aliphatic rings. The molecule has 0 saturated heterocycles. The van der Waals surface area contributed by atoms with Gasteiger partial charge in [-0.05, 0) is 81.5 Å². The van der Waals surface area contributed by atoms with Gasteiger partial charge in [-0.15, -0.1) is 0 Å². The van der Waals surface area contributed by atoms with Gasteiger partial charge in [-0.1, -0.05) is 18.6 Å². The fourth-order valence-electron chi connectivity index (χ4n) is 9.75. The standard InChI is InChI=1S/C41H48N2O8/c1-21-11-12-23-8-6-7-15-41(23,43-21)51-31-19-29(47-2)25-13-14-26-34-28(42-40(46)37(31)36(25)34)18-30-35(26)38(44)27(20-49-30)22-16-32(48-3)39(45)33(17-22)50-24-9-4-5-10-24/h11-12,16-19,21,23-24,27,38,40,42-46H,4-10,13-15,20H2,1-3H3. The van der Waals surface area contributed by atoms with Gasteiger partial charge in [0.1, 0.15) is 17.2 Å². The topological polar surface area (TPSA) is 131 Å². The van der Waals surface area contributed by atoms with Gasteiger partial charge in [0.25, 0.3) is 0 Å². The molecule has 6 atom stereocenters. The Labute approximate surface area is 298 Å². The molecular weight excluding hydrogens is 648 g/mol. The maximum Gasteiger partial charge on any atom is 0.200 e. The van der Waals surface area contributed by atoms with E-state index in [2.05, 4.69) is 29.7 Å². The second kappa shape index (κ2) is 12.5. The second-order valence-electron chi connectivity index (χ2n) is 15.2. The predicted molar refractivity (Wildman–Crippen MR) is 192 cm³/mol. The lowest BCUT2D eigenvalue weighted by atomic mass is 9.74. The summed E-state index contributed by atoms with van der Waals surface area (Å²) in [6.45, 7) is 2.37. The molecule has 3 aliphatic carbocycles. The number of fused-ring (bicyclic) bond motifs is 3. The minimum absolute atomic E-state index is 0.0299. The van der Waals surface area contributed by atoms with Crippen molar-refractivity contribution in [1.82, 2.24) is 5.32 Å². The summed E-state index contributed by atoms with van der Waals surface area (Å²) in [7, 11) is 3.21. The molecule has 2 saturated carbocycles. The van der Waals surface area contributed by atoms with E-state index in [0.29, 0.717) is 41.4 Å². The number of phenolic OH excluding ortho intramolecular Hbond substituents is 1. The highest BCUT2D eigenvalue weighted by atomic mass is 16.5. The number of aliphatic hydroxyl groups excluding tert-OH is 2. The van der Waals surface area contributed by atoms with Gasteiger partial charge in [0, 0.05) is 64.4 Å². The summed E-state index contributed by atoms with van der Waals surface area (Å²) in [5.74, 6) is 2.36. The van der Waals surface area contributed by atoms with Crippen LogP contribution in [0.4, 0.5) is 5.69 Å². The lowest BCUT2D eigenvalue weighted by Gasteiger charge is -2.48. The number of anilines is 1. The molecule has 5 N–H and O–H groups in total. The van der Waals surface area contributed by atoms with Crippen LogP contribution < -0.4 is 34.3 Å². The normalized spacial score (nSPS) is 28.8. The summed E-state index contributed by atoms with van der Waals surface area (Å²) in [5, 5.41) is 42.2. The number of methoxy groups -OCH3 is 2. The van der Waals surface area contributed by atoms with E-state index >= 15 is 0 Å². The van der Waals surface area contributed by atoms with Crippen LogP contribution in [0.1, 0.15) is 104 Å². The fourth-order valence-corrected chi connectivity index (χ4v) is 9.75. The number of phenols is 1. The molecule has 9 rings (SSSR count). The third-order valence-electron chi connectivity index (χ3n) is 12.2. The maximum atomic E-state index is 12.3. The predicted octanol–water partition coefficient (Wildman–Crippen LogP) is 6.94. The van der Waals surface area contributed by atoms with Crippen LogP contribution in [0.2, 0.25) is 0 Å². The van der Waals surface area contributed by atoms with Crippen molar-refractivity contribution in [3.8, 4) is 45.6 Å². The molecule has 0 aromatic heterocycles. The summed E-state index contributed by atoms with van der Waals surface area (Å²) in [6.07, 6.45) is 12.2. The van der Waals surface area contributed by atoms with Crippen molar-refractivity contribution < 1.29 is 39.0 Å². The number of aromatic hydroxyl groups is 1. The molecule has 3 aromatic rings. The van der Waals surface area contributed by atoms with Gasteiger partial charge in [-0.2, -0.15) is 0 Å². The maximum absolute atomic E-state index is 12.3. The van der Waals surface area contributed by atoms with Crippen molar-refractivity contribution >= 4 is 5.69 Å². The highest BCUT2D eigenvalue weighted by molar-refractivity contribution is 5.93. The summed E-state index contributed by atoms with van der Waals surface area (Å²) >= 11 is 0. The van der Waals surface area contributed by atoms with Crippen LogP contribution in [-0.4, -0.2) is 54.0 Å². The third-order valence-corrected chi connectivity index (χ3v) is 12.2. The smallest absolute Gasteiger partial charge is 0.200 e. The van der Waals surface area contributed by atoms with Crippen LogP contribution in [0.5, 0.6) is 34.5 Å². The van der Waals surface area contributed by atoms with Crippen LogP contribution in [0, 0.1) is 5.92 Å². The Morgan fingerprint density at radius 1 is 0.824 bits per heavy atom. The third kappa shape index (κ3) is 5.24. The molecule has 10 nitrogen and oxygen atoms in total. The van der Waals surface area contributed by atoms with E-state index in [0.717, 1.165) is 96.2 Å². The summed E-state index contributed by atoms with van der Waals surface area (Å²) in [6, 6.07) is 7.62. The first kappa shape index (κ1) is 32.8. The van der Waals surface area contributed by atoms with Gasteiger partial charge >= 0.3 is 0 Å². The fraction of sp³-hybridized carbons (Fsp3) is 0.512. The van der Waals surface area contributed by atoms with Gasteiger partial charge in [-0.3, -0.25) is 5.32 Å². The average molecular weight is 697 g/mol. The molecular formula is C41H48N2O8. The van der Waals surface area contributed by atoms with E-state index in [9.17, 15) is 15.3 Å². The van der Waals surface area contributed by atoms with Gasteiger partial charge in [0.15, 0.2) is 23.5 Å². The SMILES string of the molecule is COc1cc(C2COc3cc4c5c(c3C2O)CCc2c(OC)cc(OC36CCCCC3C=CC(C)N6)c(c2-5)C(O)N4)cc(OC2CCCC2)c1O. The first-order valence-electron chi connectivity index (χ1n) is 18.7. The van der Waals surface area contributed by atoms with Crippen molar-refractivity contribution in [3.63, 3.8) is 0 Å². The Balaban J connectivity index is 1.14. The van der Waals surface area contributed by atoms with Crippen molar-refractivity contribution in [2.75, 3.05) is 26.1 Å². The van der Waals surface area contributed by atoms with E-state index in [1.165, 1.54) is 7.11 Å². The van der Waals surface area contributed by atoms with E-state index in [4.69, 9.17) is 23.7 Å². The molecule has 3 aliphatic heterocycles. The van der Waals surface area contributed by atoms with Gasteiger partial charge in [0.05, 0.1) is 38.6 Å². The number of rotatable bonds is 7. The molecule has 6 unspecified atom stereocenters. The van der Waals surface area contributed by atoms with Crippen LogP contribution >= 0.6 is 0 Å². The van der Waals surface area contributed by atoms with E-state index < -0.39 is 24.0 Å². The Kier molecular flexibility index (Phi) is 8.05. The molecule has 0 bridgehead atoms. The van der Waals surface area contributed by atoms with Crippen LogP contribution in [0.3, 0.4) is 0 Å². The molecule has 51 heavy (non-hydrogen) atoms. The van der Waals surface area contributed by atoms with E-state index in [1.807, 2.05) is 18.2 Å². The molecule has 0 amide bonds. The van der Waals surface area contributed by atoms with Gasteiger partial charge in [0.2, 0.25) is 5.75 Å². The zero-order valence-corrected chi connectivity index (χ0v) is 29.6. The van der Waals surface area contributed by atoms with Crippen molar-refractivity contribution in [2.45, 2.75) is 107 Å². The van der Waals surface area contributed by atoms with E-state index in [-0.39, 0.29) is 30.4 Å². The molecule has 0 spiro atoms. The Hall–Kier alpha value is -4.12. The first-order chi connectivity index (χ1) is 24.8. The number of hydrogen-bond donors (Lipinski definition) is 5. The minimum Gasteiger partial charge on any atom is -0.502 e. The lowest BCUT2D eigenvalue weighted by molar-refractivity contribution is -0.0467. The quantitative estimate of drug-likeness (QED) is 0.166. The Morgan fingerprint density at radius 2 is 1.59 bits per heavy atom. The summed E-state index contributed by atoms with van der Waals surface area (Å²) in [4.78, 5) is 0. The highest BCUT2D eigenvalue weighted by Crippen LogP contribution is 2.58. The number of aliphatic hydroxyl groups is 2. The number of ether oxygens (including phenoxy) is 5.